The molecule has 0 fully saturated rings. The van der Waals surface area contributed by atoms with Gasteiger partial charge in [0.15, 0.2) is 0 Å². The van der Waals surface area contributed by atoms with Crippen molar-refractivity contribution in [3.8, 4) is 0 Å². The van der Waals surface area contributed by atoms with Crippen molar-refractivity contribution in [3.63, 3.8) is 0 Å². The molecule has 0 aromatic heterocycles. The number of amides is 2. The first-order chi connectivity index (χ1) is 12.9. The summed E-state index contributed by atoms with van der Waals surface area (Å²) in [6.07, 6.45) is 0. The van der Waals surface area contributed by atoms with Crippen molar-refractivity contribution >= 4 is 23.2 Å². The summed E-state index contributed by atoms with van der Waals surface area (Å²) in [7, 11) is 0. The number of aryl methyl sites for hydroxylation is 2. The molecule has 0 aliphatic rings. The second kappa shape index (κ2) is 7.83. The lowest BCUT2D eigenvalue weighted by atomic mass is 10.1. The van der Waals surface area contributed by atoms with Crippen molar-refractivity contribution in [2.45, 2.75) is 13.8 Å². The van der Waals surface area contributed by atoms with Crippen molar-refractivity contribution in [2.75, 3.05) is 10.6 Å². The van der Waals surface area contributed by atoms with Crippen LogP contribution < -0.4 is 10.6 Å². The average molecular weight is 362 g/mol. The highest BCUT2D eigenvalue weighted by Crippen LogP contribution is 2.16. The fourth-order valence-corrected chi connectivity index (χ4v) is 2.79. The fourth-order valence-electron chi connectivity index (χ4n) is 2.79. The molecule has 4 nitrogen and oxygen atoms in total. The first kappa shape index (κ1) is 18.3. The second-order valence-corrected chi connectivity index (χ2v) is 6.37. The number of rotatable bonds is 4. The van der Waals surface area contributed by atoms with Gasteiger partial charge in [-0.15, -0.1) is 0 Å². The zero-order valence-electron chi connectivity index (χ0n) is 15.0. The van der Waals surface area contributed by atoms with Crippen LogP contribution in [0.4, 0.5) is 15.8 Å². The summed E-state index contributed by atoms with van der Waals surface area (Å²) >= 11 is 0. The summed E-state index contributed by atoms with van der Waals surface area (Å²) < 4.78 is 13.0. The maximum atomic E-state index is 13.0. The smallest absolute Gasteiger partial charge is 0.255 e. The number of hydrogen-bond acceptors (Lipinski definition) is 2. The van der Waals surface area contributed by atoms with Crippen molar-refractivity contribution in [3.05, 3.63) is 94.8 Å². The van der Waals surface area contributed by atoms with Crippen molar-refractivity contribution in [2.24, 2.45) is 0 Å². The highest BCUT2D eigenvalue weighted by Gasteiger charge is 2.11. The minimum atomic E-state index is -0.377. The zero-order chi connectivity index (χ0) is 19.4. The summed E-state index contributed by atoms with van der Waals surface area (Å²) in [6, 6.07) is 17.7. The normalized spacial score (nSPS) is 10.3. The van der Waals surface area contributed by atoms with Crippen LogP contribution in [0.15, 0.2) is 66.7 Å². The van der Waals surface area contributed by atoms with Crippen LogP contribution in [0.2, 0.25) is 0 Å². The molecule has 27 heavy (non-hydrogen) atoms. The van der Waals surface area contributed by atoms with E-state index in [1.54, 1.807) is 18.2 Å². The number of anilines is 2. The van der Waals surface area contributed by atoms with Gasteiger partial charge in [-0.05, 0) is 79.6 Å². The van der Waals surface area contributed by atoms with Gasteiger partial charge >= 0.3 is 0 Å². The highest BCUT2D eigenvalue weighted by atomic mass is 19.1. The van der Waals surface area contributed by atoms with Gasteiger partial charge in [0, 0.05) is 22.5 Å². The summed E-state index contributed by atoms with van der Waals surface area (Å²) in [4.78, 5) is 24.9. The van der Waals surface area contributed by atoms with Crippen molar-refractivity contribution in [1.29, 1.82) is 0 Å². The fraction of sp³-hybridized carbons (Fsp3) is 0.0909. The molecular weight excluding hydrogens is 343 g/mol. The largest absolute Gasteiger partial charge is 0.322 e. The molecule has 0 saturated heterocycles. The van der Waals surface area contributed by atoms with Crippen LogP contribution >= 0.6 is 0 Å². The summed E-state index contributed by atoms with van der Waals surface area (Å²) in [6.45, 7) is 3.92. The van der Waals surface area contributed by atoms with E-state index in [4.69, 9.17) is 0 Å². The van der Waals surface area contributed by atoms with Gasteiger partial charge in [-0.3, -0.25) is 9.59 Å². The molecule has 0 aliphatic carbocycles. The Hall–Kier alpha value is -3.47. The van der Waals surface area contributed by atoms with Crippen LogP contribution in [0.1, 0.15) is 31.8 Å². The van der Waals surface area contributed by atoms with Gasteiger partial charge in [-0.1, -0.05) is 12.1 Å². The number of nitrogens with one attached hydrogen (secondary N) is 2. The summed E-state index contributed by atoms with van der Waals surface area (Å²) in [5.41, 5.74) is 4.01. The zero-order valence-corrected chi connectivity index (χ0v) is 15.0. The third-order valence-corrected chi connectivity index (χ3v) is 3.97. The average Bonchev–Trinajstić information content (AvgIpc) is 2.63. The predicted molar refractivity (Wildman–Crippen MR) is 105 cm³/mol. The molecule has 5 heteroatoms. The van der Waals surface area contributed by atoms with Gasteiger partial charge in [0.05, 0.1) is 0 Å². The molecule has 0 heterocycles. The molecule has 0 spiro atoms. The molecular formula is C22H19FN2O2. The molecule has 3 aromatic rings. The Kier molecular flexibility index (Phi) is 5.31. The van der Waals surface area contributed by atoms with Crippen LogP contribution in [0.5, 0.6) is 0 Å². The van der Waals surface area contributed by atoms with Crippen LogP contribution in [0.3, 0.4) is 0 Å². The topological polar surface area (TPSA) is 58.2 Å². The lowest BCUT2D eigenvalue weighted by molar-refractivity contribution is 0.102. The molecule has 0 aliphatic heterocycles. The molecule has 0 atom stereocenters. The molecule has 0 unspecified atom stereocenters. The molecule has 0 bridgehead atoms. The van der Waals surface area contributed by atoms with E-state index in [1.165, 1.54) is 30.3 Å². The first-order valence-electron chi connectivity index (χ1n) is 8.47. The molecule has 136 valence electrons. The van der Waals surface area contributed by atoms with Crippen LogP contribution in [0.25, 0.3) is 0 Å². The second-order valence-electron chi connectivity index (χ2n) is 6.37. The Balaban J connectivity index is 1.75. The van der Waals surface area contributed by atoms with Crippen molar-refractivity contribution in [1.82, 2.24) is 0 Å². The predicted octanol–water partition coefficient (Wildman–Crippen LogP) is 4.95. The van der Waals surface area contributed by atoms with Gasteiger partial charge < -0.3 is 10.6 Å². The van der Waals surface area contributed by atoms with E-state index in [-0.39, 0.29) is 17.6 Å². The molecule has 2 amide bonds. The van der Waals surface area contributed by atoms with Crippen molar-refractivity contribution < 1.29 is 14.0 Å². The third kappa shape index (κ3) is 4.79. The minimum Gasteiger partial charge on any atom is -0.322 e. The summed E-state index contributed by atoms with van der Waals surface area (Å²) in [5.74, 6) is -1.04. The van der Waals surface area contributed by atoms with Crippen LogP contribution in [0, 0.1) is 19.7 Å². The molecule has 0 saturated carbocycles. The third-order valence-electron chi connectivity index (χ3n) is 3.97. The Labute approximate surface area is 157 Å². The van der Waals surface area contributed by atoms with E-state index in [1.807, 2.05) is 32.0 Å². The SMILES string of the molecule is Cc1cc(C)cc(NC(=O)c2cccc(C(=O)Nc3ccc(F)cc3)c2)c1. The Morgan fingerprint density at radius 3 is 1.78 bits per heavy atom. The number of carbonyl (C=O) groups is 2. The van der Waals surface area contributed by atoms with Gasteiger partial charge in [0.1, 0.15) is 5.82 Å². The lowest BCUT2D eigenvalue weighted by Crippen LogP contribution is -2.15. The molecule has 2 N–H and O–H groups in total. The van der Waals surface area contributed by atoms with Gasteiger partial charge in [-0.25, -0.2) is 4.39 Å². The Bertz CT molecular complexity index is 977. The van der Waals surface area contributed by atoms with E-state index >= 15 is 0 Å². The quantitative estimate of drug-likeness (QED) is 0.690. The van der Waals surface area contributed by atoms with Crippen LogP contribution in [-0.4, -0.2) is 11.8 Å². The molecule has 0 radical (unpaired) electrons. The van der Waals surface area contributed by atoms with E-state index in [2.05, 4.69) is 10.6 Å². The maximum Gasteiger partial charge on any atom is 0.255 e. The Morgan fingerprint density at radius 2 is 1.22 bits per heavy atom. The van der Waals surface area contributed by atoms with Crippen LogP contribution in [-0.2, 0) is 0 Å². The van der Waals surface area contributed by atoms with Gasteiger partial charge in [0.25, 0.3) is 11.8 Å². The molecule has 3 rings (SSSR count). The standard InChI is InChI=1S/C22H19FN2O2/c1-14-10-15(2)12-20(11-14)25-22(27)17-5-3-4-16(13-17)21(26)24-19-8-6-18(23)7-9-19/h3-13H,1-2H3,(H,24,26)(H,25,27). The first-order valence-corrected chi connectivity index (χ1v) is 8.47. The highest BCUT2D eigenvalue weighted by molar-refractivity contribution is 6.08. The Morgan fingerprint density at radius 1 is 0.704 bits per heavy atom. The van der Waals surface area contributed by atoms with E-state index < -0.39 is 0 Å². The van der Waals surface area contributed by atoms with E-state index in [0.717, 1.165) is 11.1 Å². The lowest BCUT2D eigenvalue weighted by Gasteiger charge is -2.09. The number of benzene rings is 3. The van der Waals surface area contributed by atoms with E-state index in [9.17, 15) is 14.0 Å². The number of halogens is 1. The van der Waals surface area contributed by atoms with E-state index in [0.29, 0.717) is 22.5 Å². The minimum absolute atomic E-state index is 0.295. The van der Waals surface area contributed by atoms with Gasteiger partial charge in [-0.2, -0.15) is 0 Å². The monoisotopic (exact) mass is 362 g/mol. The van der Waals surface area contributed by atoms with Gasteiger partial charge in [0.2, 0.25) is 0 Å². The number of carbonyl (C=O) groups excluding carboxylic acids is 2. The maximum absolute atomic E-state index is 13.0. The summed E-state index contributed by atoms with van der Waals surface area (Å²) in [5, 5.41) is 5.53. The molecule has 3 aromatic carbocycles. The number of hydrogen-bond donors (Lipinski definition) is 2.